The van der Waals surface area contributed by atoms with Crippen molar-refractivity contribution in [3.05, 3.63) is 50.4 Å². The molecular formula is C15H18Br2FN3. The molecule has 2 rings (SSSR count). The lowest BCUT2D eigenvalue weighted by molar-refractivity contribution is 0.465. The predicted octanol–water partition coefficient (Wildman–Crippen LogP) is 4.83. The van der Waals surface area contributed by atoms with Crippen LogP contribution in [0.5, 0.6) is 0 Å². The molecule has 21 heavy (non-hydrogen) atoms. The van der Waals surface area contributed by atoms with Crippen molar-refractivity contribution in [2.75, 3.05) is 6.54 Å². The number of hydrogen-bond acceptors (Lipinski definition) is 2. The Hall–Kier alpha value is -0.720. The molecule has 0 aliphatic heterocycles. The summed E-state index contributed by atoms with van der Waals surface area (Å²) in [7, 11) is 0. The smallest absolute Gasteiger partial charge is 0.129 e. The molecule has 1 atom stereocenters. The zero-order valence-electron chi connectivity index (χ0n) is 12.2. The standard InChI is InChI=1S/C15H18Br2FN3/c1-4-19-14(13-10(16)6-5-7-12(13)18)15-11(17)8-20-21(15)9(2)3/h5-9,14,19H,4H2,1-3H3. The second kappa shape index (κ2) is 7.03. The van der Waals surface area contributed by atoms with E-state index in [1.54, 1.807) is 12.3 Å². The van der Waals surface area contributed by atoms with E-state index in [1.165, 1.54) is 6.07 Å². The third-order valence-electron chi connectivity index (χ3n) is 3.25. The molecule has 0 saturated heterocycles. The number of hydrogen-bond donors (Lipinski definition) is 1. The highest BCUT2D eigenvalue weighted by atomic mass is 79.9. The summed E-state index contributed by atoms with van der Waals surface area (Å²) in [5.74, 6) is -0.237. The van der Waals surface area contributed by atoms with E-state index in [2.05, 4.69) is 56.1 Å². The molecule has 0 bridgehead atoms. The molecule has 0 saturated carbocycles. The van der Waals surface area contributed by atoms with Gasteiger partial charge in [0.25, 0.3) is 0 Å². The Morgan fingerprint density at radius 1 is 1.29 bits per heavy atom. The molecule has 1 unspecified atom stereocenters. The minimum absolute atomic E-state index is 0.193. The lowest BCUT2D eigenvalue weighted by Crippen LogP contribution is -2.27. The van der Waals surface area contributed by atoms with E-state index < -0.39 is 0 Å². The molecule has 0 fully saturated rings. The maximum absolute atomic E-state index is 14.4. The number of nitrogens with one attached hydrogen (secondary N) is 1. The minimum Gasteiger partial charge on any atom is -0.305 e. The third-order valence-corrected chi connectivity index (χ3v) is 4.55. The molecular weight excluding hydrogens is 401 g/mol. The van der Waals surface area contributed by atoms with Crippen LogP contribution in [-0.2, 0) is 0 Å². The van der Waals surface area contributed by atoms with E-state index in [0.717, 1.165) is 21.2 Å². The van der Waals surface area contributed by atoms with Crippen molar-refractivity contribution in [1.82, 2.24) is 15.1 Å². The molecule has 0 amide bonds. The van der Waals surface area contributed by atoms with Gasteiger partial charge in [-0.25, -0.2) is 4.39 Å². The first-order valence-electron chi connectivity index (χ1n) is 6.87. The van der Waals surface area contributed by atoms with Gasteiger partial charge in [-0.3, -0.25) is 4.68 Å². The molecule has 3 nitrogen and oxygen atoms in total. The van der Waals surface area contributed by atoms with Gasteiger partial charge in [0.2, 0.25) is 0 Å². The van der Waals surface area contributed by atoms with Gasteiger partial charge in [0.15, 0.2) is 0 Å². The van der Waals surface area contributed by atoms with Crippen LogP contribution in [0.2, 0.25) is 0 Å². The highest BCUT2D eigenvalue weighted by Gasteiger charge is 2.26. The van der Waals surface area contributed by atoms with Crippen LogP contribution in [0.15, 0.2) is 33.3 Å². The molecule has 114 valence electrons. The van der Waals surface area contributed by atoms with Crippen LogP contribution in [0, 0.1) is 5.82 Å². The average Bonchev–Trinajstić information content (AvgIpc) is 2.79. The number of rotatable bonds is 5. The first kappa shape index (κ1) is 16.6. The molecule has 1 heterocycles. The van der Waals surface area contributed by atoms with Crippen LogP contribution < -0.4 is 5.32 Å². The molecule has 1 N–H and O–H groups in total. The van der Waals surface area contributed by atoms with Crippen LogP contribution in [0.3, 0.4) is 0 Å². The number of nitrogens with zero attached hydrogens (tertiary/aromatic N) is 2. The second-order valence-corrected chi connectivity index (χ2v) is 6.75. The fourth-order valence-corrected chi connectivity index (χ4v) is 3.43. The summed E-state index contributed by atoms with van der Waals surface area (Å²) in [5, 5.41) is 7.75. The largest absolute Gasteiger partial charge is 0.305 e. The molecule has 1 aromatic heterocycles. The van der Waals surface area contributed by atoms with Gasteiger partial charge in [-0.15, -0.1) is 0 Å². The number of aromatic nitrogens is 2. The van der Waals surface area contributed by atoms with Gasteiger partial charge in [-0.05, 0) is 48.5 Å². The molecule has 2 aromatic rings. The summed E-state index contributed by atoms with van der Waals surface area (Å²) in [6.45, 7) is 6.84. The van der Waals surface area contributed by atoms with E-state index in [1.807, 2.05) is 17.7 Å². The number of benzene rings is 1. The van der Waals surface area contributed by atoms with E-state index in [-0.39, 0.29) is 17.9 Å². The van der Waals surface area contributed by atoms with Crippen LogP contribution in [0.4, 0.5) is 4.39 Å². The predicted molar refractivity (Wildman–Crippen MR) is 89.9 cm³/mol. The zero-order valence-corrected chi connectivity index (χ0v) is 15.4. The fraction of sp³-hybridized carbons (Fsp3) is 0.400. The SMILES string of the molecule is CCNC(c1c(F)cccc1Br)c1c(Br)cnn1C(C)C. The van der Waals surface area contributed by atoms with Crippen molar-refractivity contribution in [2.24, 2.45) is 0 Å². The third kappa shape index (κ3) is 3.38. The molecule has 0 aliphatic rings. The van der Waals surface area contributed by atoms with Gasteiger partial charge in [-0.1, -0.05) is 28.9 Å². The van der Waals surface area contributed by atoms with Crippen LogP contribution in [0.1, 0.15) is 44.1 Å². The van der Waals surface area contributed by atoms with E-state index >= 15 is 0 Å². The van der Waals surface area contributed by atoms with E-state index in [9.17, 15) is 4.39 Å². The summed E-state index contributed by atoms with van der Waals surface area (Å²) in [4.78, 5) is 0. The highest BCUT2D eigenvalue weighted by Crippen LogP contribution is 2.35. The van der Waals surface area contributed by atoms with Crippen molar-refractivity contribution < 1.29 is 4.39 Å². The van der Waals surface area contributed by atoms with Crippen molar-refractivity contribution in [2.45, 2.75) is 32.9 Å². The molecule has 6 heteroatoms. The quantitative estimate of drug-likeness (QED) is 0.753. The summed E-state index contributed by atoms with van der Waals surface area (Å²) in [6, 6.07) is 4.95. The lowest BCUT2D eigenvalue weighted by Gasteiger charge is -2.23. The Morgan fingerprint density at radius 2 is 2.00 bits per heavy atom. The normalized spacial score (nSPS) is 12.9. The maximum Gasteiger partial charge on any atom is 0.129 e. The molecule has 0 aliphatic carbocycles. The topological polar surface area (TPSA) is 29.9 Å². The van der Waals surface area contributed by atoms with E-state index in [4.69, 9.17) is 0 Å². The first-order valence-corrected chi connectivity index (χ1v) is 8.46. The van der Waals surface area contributed by atoms with Gasteiger partial charge in [0, 0.05) is 16.1 Å². The van der Waals surface area contributed by atoms with Gasteiger partial charge < -0.3 is 5.32 Å². The van der Waals surface area contributed by atoms with Gasteiger partial charge in [-0.2, -0.15) is 5.10 Å². The molecule has 0 spiro atoms. The summed E-state index contributed by atoms with van der Waals surface area (Å²) in [6.07, 6.45) is 1.76. The van der Waals surface area contributed by atoms with Gasteiger partial charge in [0.1, 0.15) is 5.82 Å². The van der Waals surface area contributed by atoms with E-state index in [0.29, 0.717) is 5.56 Å². The number of halogens is 3. The Bertz CT molecular complexity index is 605. The Labute approximate surface area is 141 Å². The van der Waals surface area contributed by atoms with Crippen molar-refractivity contribution in [3.63, 3.8) is 0 Å². The Morgan fingerprint density at radius 3 is 2.57 bits per heavy atom. The average molecular weight is 419 g/mol. The monoisotopic (exact) mass is 417 g/mol. The van der Waals surface area contributed by atoms with Crippen LogP contribution in [-0.4, -0.2) is 16.3 Å². The Kier molecular flexibility index (Phi) is 5.57. The zero-order chi connectivity index (χ0) is 15.6. The highest BCUT2D eigenvalue weighted by molar-refractivity contribution is 9.10. The fourth-order valence-electron chi connectivity index (χ4n) is 2.36. The molecule has 0 radical (unpaired) electrons. The van der Waals surface area contributed by atoms with Crippen LogP contribution >= 0.6 is 31.9 Å². The minimum atomic E-state index is -0.273. The summed E-state index contributed by atoms with van der Waals surface area (Å²) in [5.41, 5.74) is 1.53. The second-order valence-electron chi connectivity index (χ2n) is 5.04. The Balaban J connectivity index is 2.62. The first-order chi connectivity index (χ1) is 9.97. The maximum atomic E-state index is 14.4. The van der Waals surface area contributed by atoms with Crippen molar-refractivity contribution >= 4 is 31.9 Å². The van der Waals surface area contributed by atoms with Crippen LogP contribution in [0.25, 0.3) is 0 Å². The van der Waals surface area contributed by atoms with Crippen molar-refractivity contribution in [1.29, 1.82) is 0 Å². The van der Waals surface area contributed by atoms with Crippen molar-refractivity contribution in [3.8, 4) is 0 Å². The molecule has 1 aromatic carbocycles. The van der Waals surface area contributed by atoms with Gasteiger partial charge in [0.05, 0.1) is 22.4 Å². The summed E-state index contributed by atoms with van der Waals surface area (Å²) >= 11 is 7.01. The summed E-state index contributed by atoms with van der Waals surface area (Å²) < 4.78 is 17.9. The lowest BCUT2D eigenvalue weighted by atomic mass is 10.0. The van der Waals surface area contributed by atoms with Gasteiger partial charge >= 0.3 is 0 Å².